The van der Waals surface area contributed by atoms with E-state index < -0.39 is 37.6 Å². The predicted octanol–water partition coefficient (Wildman–Crippen LogP) is 4.84. The van der Waals surface area contributed by atoms with E-state index in [0.717, 1.165) is 22.8 Å². The lowest BCUT2D eigenvalue weighted by molar-refractivity contribution is -0.187. The minimum Gasteiger partial charge on any atom is -0.351 e. The van der Waals surface area contributed by atoms with Crippen molar-refractivity contribution in [2.45, 2.75) is 26.3 Å². The number of carbonyl (C=O) groups excluding carboxylic acids is 1. The van der Waals surface area contributed by atoms with Crippen LogP contribution in [0.3, 0.4) is 0 Å². The number of benzene rings is 2. The normalized spacial score (nSPS) is 12.5. The molecule has 0 saturated carbocycles. The van der Waals surface area contributed by atoms with Gasteiger partial charge in [0.05, 0.1) is 13.2 Å². The van der Waals surface area contributed by atoms with Crippen LogP contribution in [-0.2, 0) is 34.6 Å². The Morgan fingerprint density at radius 1 is 1.03 bits per heavy atom. The van der Waals surface area contributed by atoms with Crippen molar-refractivity contribution < 1.29 is 36.8 Å². The second-order valence-corrected chi connectivity index (χ2v) is 8.43. The summed E-state index contributed by atoms with van der Waals surface area (Å²) in [6.07, 6.45) is 0. The first-order valence-corrected chi connectivity index (χ1v) is 11.3. The molecule has 0 spiro atoms. The maximum absolute atomic E-state index is 13.8. The van der Waals surface area contributed by atoms with Gasteiger partial charge in [0.15, 0.2) is 17.5 Å². The Kier molecular flexibility index (Phi) is 9.74. The third-order valence-electron chi connectivity index (χ3n) is 4.12. The van der Waals surface area contributed by atoms with Gasteiger partial charge in [0.2, 0.25) is 0 Å². The van der Waals surface area contributed by atoms with Gasteiger partial charge in [-0.25, -0.2) is 13.8 Å². The van der Waals surface area contributed by atoms with E-state index in [1.807, 2.05) is 30.3 Å². The quantitative estimate of drug-likeness (QED) is 0.336. The number of carbonyl (C=O) groups is 1. The maximum Gasteiger partial charge on any atom is 0.363 e. The molecule has 0 bridgehead atoms. The van der Waals surface area contributed by atoms with Gasteiger partial charge in [-0.2, -0.15) is 0 Å². The molecule has 0 heterocycles. The average molecular weight is 457 g/mol. The van der Waals surface area contributed by atoms with Gasteiger partial charge in [-0.15, -0.1) is 0 Å². The topological polar surface area (TPSA) is 74.3 Å². The minimum atomic E-state index is -3.96. The van der Waals surface area contributed by atoms with Crippen molar-refractivity contribution in [3.63, 3.8) is 0 Å². The molecule has 1 atom stereocenters. The minimum absolute atomic E-state index is 0.0183. The van der Waals surface area contributed by atoms with Crippen LogP contribution in [0.4, 0.5) is 8.78 Å². The smallest absolute Gasteiger partial charge is 0.351 e. The number of nitrogens with zero attached hydrogens (tertiary/aromatic N) is 1. The molecule has 31 heavy (non-hydrogen) atoms. The van der Waals surface area contributed by atoms with E-state index >= 15 is 0 Å². The summed E-state index contributed by atoms with van der Waals surface area (Å²) in [7, 11) is -2.55. The third kappa shape index (κ3) is 7.19. The molecule has 170 valence electrons. The Morgan fingerprint density at radius 3 is 2.26 bits per heavy atom. The van der Waals surface area contributed by atoms with Crippen LogP contribution < -0.4 is 0 Å². The fraction of sp³-hybridized carbons (Fsp3) is 0.381. The van der Waals surface area contributed by atoms with Gasteiger partial charge in [0.1, 0.15) is 13.2 Å². The molecule has 0 aliphatic rings. The van der Waals surface area contributed by atoms with E-state index in [2.05, 4.69) is 0 Å². The summed E-state index contributed by atoms with van der Waals surface area (Å²) in [5, 5.41) is 0.988. The SMILES string of the molecule is CCOP(=O)(OCC)C(OCC(=O)N(C)OCc1ccccc1)c1ccc(F)c(F)c1. The zero-order chi connectivity index (χ0) is 22.9. The predicted molar refractivity (Wildman–Crippen MR) is 110 cm³/mol. The number of rotatable bonds is 12. The molecule has 0 aliphatic carbocycles. The number of hydroxylamine groups is 2. The van der Waals surface area contributed by atoms with Crippen molar-refractivity contribution in [2.75, 3.05) is 26.9 Å². The van der Waals surface area contributed by atoms with E-state index in [1.54, 1.807) is 13.8 Å². The molecule has 2 rings (SSSR count). The first-order valence-electron chi connectivity index (χ1n) is 9.69. The van der Waals surface area contributed by atoms with Crippen LogP contribution in [-0.4, -0.2) is 37.8 Å². The second-order valence-electron chi connectivity index (χ2n) is 6.36. The number of halogens is 2. The number of hydrogen-bond donors (Lipinski definition) is 0. The fourth-order valence-corrected chi connectivity index (χ4v) is 4.48. The Hall–Kier alpha value is -2.16. The maximum atomic E-state index is 13.8. The van der Waals surface area contributed by atoms with Crippen molar-refractivity contribution in [2.24, 2.45) is 0 Å². The Bertz CT molecular complexity index is 889. The van der Waals surface area contributed by atoms with Crippen molar-refractivity contribution in [1.82, 2.24) is 5.06 Å². The van der Waals surface area contributed by atoms with Crippen molar-refractivity contribution >= 4 is 13.5 Å². The molecule has 2 aromatic rings. The van der Waals surface area contributed by atoms with Crippen LogP contribution in [0.5, 0.6) is 0 Å². The Labute approximate surface area is 180 Å². The summed E-state index contributed by atoms with van der Waals surface area (Å²) < 4.78 is 56.6. The van der Waals surface area contributed by atoms with E-state index in [9.17, 15) is 18.1 Å². The van der Waals surface area contributed by atoms with Crippen molar-refractivity contribution in [1.29, 1.82) is 0 Å². The highest BCUT2D eigenvalue weighted by Gasteiger charge is 2.39. The zero-order valence-corrected chi connectivity index (χ0v) is 18.5. The van der Waals surface area contributed by atoms with Crippen LogP contribution in [0.1, 0.15) is 30.8 Å². The Balaban J connectivity index is 2.13. The van der Waals surface area contributed by atoms with Gasteiger partial charge in [0.25, 0.3) is 5.91 Å². The van der Waals surface area contributed by atoms with E-state index in [-0.39, 0.29) is 25.4 Å². The molecule has 1 amide bonds. The van der Waals surface area contributed by atoms with Crippen LogP contribution in [0.2, 0.25) is 0 Å². The molecular formula is C21H26F2NO6P. The lowest BCUT2D eigenvalue weighted by Crippen LogP contribution is -2.31. The van der Waals surface area contributed by atoms with Gasteiger partial charge < -0.3 is 13.8 Å². The van der Waals surface area contributed by atoms with Crippen LogP contribution >= 0.6 is 7.60 Å². The average Bonchev–Trinajstić information content (AvgIpc) is 2.75. The molecular weight excluding hydrogens is 431 g/mol. The van der Waals surface area contributed by atoms with Crippen LogP contribution in [0.15, 0.2) is 48.5 Å². The number of amides is 1. The molecule has 10 heteroatoms. The van der Waals surface area contributed by atoms with E-state index in [1.165, 1.54) is 13.1 Å². The highest BCUT2D eigenvalue weighted by atomic mass is 31.2. The standard InChI is InChI=1S/C21H26F2NO6P/c1-4-29-31(26,30-5-2)21(17-11-12-18(22)19(23)13-17)27-15-20(25)24(3)28-14-16-9-7-6-8-10-16/h6-13,21H,4-5,14-15H2,1-3H3. The van der Waals surface area contributed by atoms with E-state index in [0.29, 0.717) is 0 Å². The monoisotopic (exact) mass is 457 g/mol. The first kappa shape index (κ1) is 25.1. The molecule has 1 unspecified atom stereocenters. The molecule has 0 fully saturated rings. The summed E-state index contributed by atoms with van der Waals surface area (Å²) in [5.41, 5.74) is 0.879. The van der Waals surface area contributed by atoms with E-state index in [4.69, 9.17) is 18.6 Å². The Morgan fingerprint density at radius 2 is 1.68 bits per heavy atom. The summed E-state index contributed by atoms with van der Waals surface area (Å²) in [6.45, 7) is 2.85. The largest absolute Gasteiger partial charge is 0.363 e. The molecule has 0 radical (unpaired) electrons. The molecule has 2 aromatic carbocycles. The summed E-state index contributed by atoms with van der Waals surface area (Å²) >= 11 is 0. The highest BCUT2D eigenvalue weighted by molar-refractivity contribution is 7.54. The lowest BCUT2D eigenvalue weighted by Gasteiger charge is -2.27. The summed E-state index contributed by atoms with van der Waals surface area (Å²) in [4.78, 5) is 17.8. The zero-order valence-electron chi connectivity index (χ0n) is 17.6. The van der Waals surface area contributed by atoms with Crippen LogP contribution in [0.25, 0.3) is 0 Å². The number of likely N-dealkylation sites (N-methyl/N-ethyl adjacent to an activating group) is 1. The third-order valence-corrected chi connectivity index (χ3v) is 6.38. The summed E-state index contributed by atoms with van der Waals surface area (Å²) in [5.74, 6) is -4.24. The molecule has 0 aliphatic heterocycles. The highest BCUT2D eigenvalue weighted by Crippen LogP contribution is 2.61. The van der Waals surface area contributed by atoms with Gasteiger partial charge in [0, 0.05) is 7.05 Å². The van der Waals surface area contributed by atoms with Crippen molar-refractivity contribution in [3.8, 4) is 0 Å². The number of hydrogen-bond acceptors (Lipinski definition) is 6. The van der Waals surface area contributed by atoms with Gasteiger partial charge in [-0.05, 0) is 37.1 Å². The molecule has 0 N–H and O–H groups in total. The van der Waals surface area contributed by atoms with Crippen molar-refractivity contribution in [3.05, 3.63) is 71.3 Å². The summed E-state index contributed by atoms with van der Waals surface area (Å²) in [6, 6.07) is 12.1. The second kappa shape index (κ2) is 12.0. The van der Waals surface area contributed by atoms with Gasteiger partial charge >= 0.3 is 7.60 Å². The van der Waals surface area contributed by atoms with Crippen LogP contribution in [0, 0.1) is 11.6 Å². The fourth-order valence-electron chi connectivity index (χ4n) is 2.63. The first-order chi connectivity index (χ1) is 14.8. The lowest BCUT2D eigenvalue weighted by atomic mass is 10.2. The molecule has 0 saturated heterocycles. The molecule has 0 aromatic heterocycles. The van der Waals surface area contributed by atoms with Gasteiger partial charge in [-0.3, -0.25) is 14.2 Å². The number of ether oxygens (including phenoxy) is 1. The molecule has 7 nitrogen and oxygen atoms in total. The van der Waals surface area contributed by atoms with Gasteiger partial charge in [-0.1, -0.05) is 36.4 Å².